The van der Waals surface area contributed by atoms with Gasteiger partial charge >= 0.3 is 0 Å². The lowest BCUT2D eigenvalue weighted by molar-refractivity contribution is 1.03. The largest absolute Gasteiger partial charge is 0.379 e. The topological polar surface area (TPSA) is 24.9 Å². The molecule has 2 aromatic rings. The second kappa shape index (κ2) is 5.65. The number of rotatable bonds is 3. The first kappa shape index (κ1) is 12.6. The molecule has 2 nitrogen and oxygen atoms in total. The van der Waals surface area contributed by atoms with Crippen molar-refractivity contribution in [2.75, 3.05) is 5.32 Å². The van der Waals surface area contributed by atoms with Crippen molar-refractivity contribution < 1.29 is 0 Å². The van der Waals surface area contributed by atoms with Gasteiger partial charge in [0.25, 0.3) is 0 Å². The molecule has 4 heteroatoms. The SMILES string of the molecule is Cc1cc(Br)cc(NCc2cccc(Br)n2)c1. The van der Waals surface area contributed by atoms with Crippen LogP contribution < -0.4 is 5.32 Å². The molecule has 0 aliphatic rings. The molecule has 0 aliphatic carbocycles. The Morgan fingerprint density at radius 3 is 2.71 bits per heavy atom. The molecule has 1 aromatic heterocycles. The third kappa shape index (κ3) is 3.82. The molecule has 0 radical (unpaired) electrons. The summed E-state index contributed by atoms with van der Waals surface area (Å²) in [6.07, 6.45) is 0. The van der Waals surface area contributed by atoms with E-state index in [1.54, 1.807) is 0 Å². The Bertz CT molecular complexity index is 506. The predicted octanol–water partition coefficient (Wildman–Crippen LogP) is 4.53. The van der Waals surface area contributed by atoms with E-state index in [-0.39, 0.29) is 0 Å². The van der Waals surface area contributed by atoms with Crippen molar-refractivity contribution in [3.8, 4) is 0 Å². The van der Waals surface area contributed by atoms with Crippen LogP contribution in [0.5, 0.6) is 0 Å². The summed E-state index contributed by atoms with van der Waals surface area (Å²) in [6, 6.07) is 12.2. The lowest BCUT2D eigenvalue weighted by atomic mass is 10.2. The highest BCUT2D eigenvalue weighted by Gasteiger charge is 1.98. The van der Waals surface area contributed by atoms with Crippen molar-refractivity contribution in [1.29, 1.82) is 0 Å². The third-order valence-electron chi connectivity index (χ3n) is 2.29. The van der Waals surface area contributed by atoms with Gasteiger partial charge in [-0.05, 0) is 58.7 Å². The Morgan fingerprint density at radius 1 is 1.18 bits per heavy atom. The Labute approximate surface area is 118 Å². The lowest BCUT2D eigenvalue weighted by Gasteiger charge is -2.08. The molecular formula is C13H12Br2N2. The van der Waals surface area contributed by atoms with E-state index >= 15 is 0 Å². The molecule has 0 spiro atoms. The van der Waals surface area contributed by atoms with E-state index in [1.807, 2.05) is 18.2 Å². The van der Waals surface area contributed by atoms with Crippen LogP contribution in [-0.2, 0) is 6.54 Å². The van der Waals surface area contributed by atoms with E-state index < -0.39 is 0 Å². The summed E-state index contributed by atoms with van der Waals surface area (Å²) in [5, 5.41) is 3.36. The number of hydrogen-bond donors (Lipinski definition) is 1. The average molecular weight is 356 g/mol. The van der Waals surface area contributed by atoms with Crippen LogP contribution in [0.4, 0.5) is 5.69 Å². The van der Waals surface area contributed by atoms with Gasteiger partial charge in [-0.15, -0.1) is 0 Å². The van der Waals surface area contributed by atoms with E-state index in [0.717, 1.165) is 27.0 Å². The summed E-state index contributed by atoms with van der Waals surface area (Å²) in [4.78, 5) is 4.38. The van der Waals surface area contributed by atoms with Gasteiger partial charge in [-0.25, -0.2) is 4.98 Å². The molecular weight excluding hydrogens is 344 g/mol. The summed E-state index contributed by atoms with van der Waals surface area (Å²) in [7, 11) is 0. The maximum atomic E-state index is 4.38. The maximum absolute atomic E-state index is 4.38. The average Bonchev–Trinajstić information content (AvgIpc) is 2.25. The van der Waals surface area contributed by atoms with Gasteiger partial charge in [-0.1, -0.05) is 22.0 Å². The van der Waals surface area contributed by atoms with Gasteiger partial charge in [0.1, 0.15) is 4.60 Å². The smallest absolute Gasteiger partial charge is 0.106 e. The number of hydrogen-bond acceptors (Lipinski definition) is 2. The summed E-state index contributed by atoms with van der Waals surface area (Å²) in [5.74, 6) is 0. The van der Waals surface area contributed by atoms with Crippen LogP contribution in [0.1, 0.15) is 11.3 Å². The molecule has 0 saturated carbocycles. The van der Waals surface area contributed by atoms with Gasteiger partial charge in [0.2, 0.25) is 0 Å². The van der Waals surface area contributed by atoms with Crippen LogP contribution >= 0.6 is 31.9 Å². The zero-order valence-electron chi connectivity index (χ0n) is 9.37. The number of halogens is 2. The van der Waals surface area contributed by atoms with E-state index in [9.17, 15) is 0 Å². The standard InChI is InChI=1S/C13H12Br2N2/c1-9-5-10(14)7-12(6-9)16-8-11-3-2-4-13(15)17-11/h2-7,16H,8H2,1H3. The van der Waals surface area contributed by atoms with E-state index in [1.165, 1.54) is 5.56 Å². The molecule has 17 heavy (non-hydrogen) atoms. The zero-order valence-corrected chi connectivity index (χ0v) is 12.5. The summed E-state index contributed by atoms with van der Waals surface area (Å²) in [6.45, 7) is 2.79. The second-order valence-electron chi connectivity index (χ2n) is 3.82. The number of aromatic nitrogens is 1. The molecule has 0 amide bonds. The minimum absolute atomic E-state index is 0.718. The third-order valence-corrected chi connectivity index (χ3v) is 3.19. The van der Waals surface area contributed by atoms with Gasteiger partial charge in [0.05, 0.1) is 12.2 Å². The molecule has 1 N–H and O–H groups in total. The quantitative estimate of drug-likeness (QED) is 0.818. The summed E-state index contributed by atoms with van der Waals surface area (Å²) in [5.41, 5.74) is 3.33. The summed E-state index contributed by atoms with van der Waals surface area (Å²) < 4.78 is 1.95. The van der Waals surface area contributed by atoms with Gasteiger partial charge in [0.15, 0.2) is 0 Å². The van der Waals surface area contributed by atoms with E-state index in [4.69, 9.17) is 0 Å². The fraction of sp³-hybridized carbons (Fsp3) is 0.154. The highest BCUT2D eigenvalue weighted by molar-refractivity contribution is 9.10. The van der Waals surface area contributed by atoms with Crippen molar-refractivity contribution in [1.82, 2.24) is 4.98 Å². The first-order valence-electron chi connectivity index (χ1n) is 5.26. The van der Waals surface area contributed by atoms with Crippen LogP contribution in [0.15, 0.2) is 45.5 Å². The van der Waals surface area contributed by atoms with Crippen molar-refractivity contribution in [3.63, 3.8) is 0 Å². The molecule has 88 valence electrons. The fourth-order valence-corrected chi connectivity index (χ4v) is 2.57. The zero-order chi connectivity index (χ0) is 12.3. The second-order valence-corrected chi connectivity index (χ2v) is 5.55. The number of benzene rings is 1. The number of anilines is 1. The molecule has 0 fully saturated rings. The van der Waals surface area contributed by atoms with Crippen molar-refractivity contribution >= 4 is 37.5 Å². The van der Waals surface area contributed by atoms with Gasteiger partial charge in [-0.2, -0.15) is 0 Å². The van der Waals surface area contributed by atoms with Crippen LogP contribution in [-0.4, -0.2) is 4.98 Å². The first-order valence-corrected chi connectivity index (χ1v) is 6.84. The first-order chi connectivity index (χ1) is 8.13. The number of pyridine rings is 1. The number of nitrogens with one attached hydrogen (secondary N) is 1. The van der Waals surface area contributed by atoms with Crippen LogP contribution in [0, 0.1) is 6.92 Å². The Balaban J connectivity index is 2.07. The molecule has 2 rings (SSSR count). The highest BCUT2D eigenvalue weighted by Crippen LogP contribution is 2.19. The van der Waals surface area contributed by atoms with Crippen molar-refractivity contribution in [2.24, 2.45) is 0 Å². The van der Waals surface area contributed by atoms with Crippen LogP contribution in [0.2, 0.25) is 0 Å². The fourth-order valence-electron chi connectivity index (χ4n) is 1.58. The maximum Gasteiger partial charge on any atom is 0.106 e. The van der Waals surface area contributed by atoms with Gasteiger partial charge < -0.3 is 5.32 Å². The van der Waals surface area contributed by atoms with Crippen molar-refractivity contribution in [2.45, 2.75) is 13.5 Å². The van der Waals surface area contributed by atoms with Crippen LogP contribution in [0.25, 0.3) is 0 Å². The summed E-state index contributed by atoms with van der Waals surface area (Å²) >= 11 is 6.85. The molecule has 0 bridgehead atoms. The van der Waals surface area contributed by atoms with Gasteiger partial charge in [0, 0.05) is 10.2 Å². The molecule has 0 aliphatic heterocycles. The minimum Gasteiger partial charge on any atom is -0.379 e. The van der Waals surface area contributed by atoms with E-state index in [0.29, 0.717) is 0 Å². The molecule has 0 atom stereocenters. The molecule has 1 heterocycles. The minimum atomic E-state index is 0.718. The van der Waals surface area contributed by atoms with Crippen molar-refractivity contribution in [3.05, 3.63) is 56.7 Å². The Morgan fingerprint density at radius 2 is 2.00 bits per heavy atom. The number of nitrogens with zero attached hydrogens (tertiary/aromatic N) is 1. The molecule has 1 aromatic carbocycles. The van der Waals surface area contributed by atoms with E-state index in [2.05, 4.69) is 67.3 Å². The number of aryl methyl sites for hydroxylation is 1. The Kier molecular flexibility index (Phi) is 4.18. The highest BCUT2D eigenvalue weighted by atomic mass is 79.9. The van der Waals surface area contributed by atoms with Gasteiger partial charge in [-0.3, -0.25) is 0 Å². The normalized spacial score (nSPS) is 10.3. The monoisotopic (exact) mass is 354 g/mol. The Hall–Kier alpha value is -0.870. The molecule has 0 saturated heterocycles. The molecule has 0 unspecified atom stereocenters. The predicted molar refractivity (Wildman–Crippen MR) is 78.1 cm³/mol. The lowest BCUT2D eigenvalue weighted by Crippen LogP contribution is -2.01. The van der Waals surface area contributed by atoms with Crippen LogP contribution in [0.3, 0.4) is 0 Å².